The lowest BCUT2D eigenvalue weighted by molar-refractivity contribution is 0.412. The minimum Gasteiger partial charge on any atom is -0.485 e. The molecule has 0 aliphatic rings. The Bertz CT molecular complexity index is 254. The molecule has 11 heavy (non-hydrogen) atoms. The van der Waals surface area contributed by atoms with E-state index in [-0.39, 0.29) is 0 Å². The van der Waals surface area contributed by atoms with E-state index in [1.54, 1.807) is 7.11 Å². The molecule has 60 valence electrons. The molecule has 0 unspecified atom stereocenters. The number of rotatable bonds is 2. The Morgan fingerprint density at radius 1 is 1.73 bits per heavy atom. The molecule has 3 heteroatoms. The van der Waals surface area contributed by atoms with Gasteiger partial charge < -0.3 is 9.30 Å². The van der Waals surface area contributed by atoms with Crippen LogP contribution in [0.15, 0.2) is 18.3 Å². The van der Waals surface area contributed by atoms with Gasteiger partial charge in [0, 0.05) is 12.7 Å². The van der Waals surface area contributed by atoms with Gasteiger partial charge in [-0.1, -0.05) is 0 Å². The maximum atomic E-state index is 4.99. The second-order valence-electron chi connectivity index (χ2n) is 2.17. The Balaban J connectivity index is 2.92. The molecular formula is C8H11NOS. The van der Waals surface area contributed by atoms with Crippen LogP contribution >= 0.6 is 12.2 Å². The van der Waals surface area contributed by atoms with Gasteiger partial charge in [0.05, 0.1) is 12.8 Å². The summed E-state index contributed by atoms with van der Waals surface area (Å²) in [7, 11) is 1.59. The number of aromatic nitrogens is 1. The van der Waals surface area contributed by atoms with Crippen molar-refractivity contribution in [1.29, 1.82) is 0 Å². The fraction of sp³-hybridized carbons (Fsp3) is 0.375. The zero-order chi connectivity index (χ0) is 8.27. The standard InChI is InChI=1S/C8H11NOS/c1-3-9-6-4-5-7(9)8(11)10-2/h4-6H,3H2,1-2H3. The van der Waals surface area contributed by atoms with Crippen LogP contribution in [0.3, 0.4) is 0 Å². The monoisotopic (exact) mass is 169 g/mol. The molecule has 0 saturated carbocycles. The van der Waals surface area contributed by atoms with Gasteiger partial charge in [0.25, 0.3) is 0 Å². The Morgan fingerprint density at radius 3 is 3.00 bits per heavy atom. The van der Waals surface area contributed by atoms with Gasteiger partial charge in [0.1, 0.15) is 0 Å². The number of nitrogens with zero attached hydrogens (tertiary/aromatic N) is 1. The van der Waals surface area contributed by atoms with E-state index in [0.717, 1.165) is 12.2 Å². The van der Waals surface area contributed by atoms with Crippen molar-refractivity contribution in [2.24, 2.45) is 0 Å². The maximum Gasteiger partial charge on any atom is 0.207 e. The summed E-state index contributed by atoms with van der Waals surface area (Å²) in [4.78, 5) is 0. The van der Waals surface area contributed by atoms with Crippen LogP contribution in [0.25, 0.3) is 0 Å². The quantitative estimate of drug-likeness (QED) is 0.627. The van der Waals surface area contributed by atoms with Crippen LogP contribution in [-0.2, 0) is 11.3 Å². The number of hydrogen-bond acceptors (Lipinski definition) is 2. The average molecular weight is 169 g/mol. The second-order valence-corrected chi connectivity index (χ2v) is 2.54. The lowest BCUT2D eigenvalue weighted by Gasteiger charge is -2.05. The van der Waals surface area contributed by atoms with E-state index in [1.165, 1.54) is 0 Å². The van der Waals surface area contributed by atoms with Crippen LogP contribution in [-0.4, -0.2) is 16.7 Å². The van der Waals surface area contributed by atoms with Crippen LogP contribution in [0.4, 0.5) is 0 Å². The molecule has 1 rings (SSSR count). The first-order valence-electron chi connectivity index (χ1n) is 3.53. The number of aryl methyl sites for hydroxylation is 1. The van der Waals surface area contributed by atoms with Crippen LogP contribution in [0, 0.1) is 0 Å². The molecule has 0 fully saturated rings. The van der Waals surface area contributed by atoms with Gasteiger partial charge in [-0.05, 0) is 31.3 Å². The molecule has 1 heterocycles. The van der Waals surface area contributed by atoms with E-state index in [1.807, 2.05) is 22.9 Å². The molecule has 0 amide bonds. The van der Waals surface area contributed by atoms with Crippen LogP contribution < -0.4 is 0 Å². The number of thiocarbonyl (C=S) groups is 1. The first kappa shape index (κ1) is 8.27. The van der Waals surface area contributed by atoms with E-state index in [9.17, 15) is 0 Å². The van der Waals surface area contributed by atoms with Crippen molar-refractivity contribution in [1.82, 2.24) is 4.57 Å². The molecule has 0 atom stereocenters. The van der Waals surface area contributed by atoms with E-state index < -0.39 is 0 Å². The third-order valence-electron chi connectivity index (χ3n) is 1.56. The SMILES string of the molecule is CCn1cccc1C(=S)OC. The van der Waals surface area contributed by atoms with E-state index in [2.05, 4.69) is 6.92 Å². The van der Waals surface area contributed by atoms with Gasteiger partial charge in [0.2, 0.25) is 5.05 Å². The van der Waals surface area contributed by atoms with Crippen LogP contribution in [0.2, 0.25) is 0 Å². The Hall–Kier alpha value is -0.830. The van der Waals surface area contributed by atoms with Crippen LogP contribution in [0.5, 0.6) is 0 Å². The van der Waals surface area contributed by atoms with Crippen molar-refractivity contribution in [3.8, 4) is 0 Å². The highest BCUT2D eigenvalue weighted by atomic mass is 32.1. The van der Waals surface area contributed by atoms with E-state index in [0.29, 0.717) is 5.05 Å². The first-order valence-corrected chi connectivity index (χ1v) is 3.94. The van der Waals surface area contributed by atoms with Gasteiger partial charge >= 0.3 is 0 Å². The van der Waals surface area contributed by atoms with Gasteiger partial charge in [-0.3, -0.25) is 0 Å². The first-order chi connectivity index (χ1) is 5.29. The predicted molar refractivity (Wildman–Crippen MR) is 48.8 cm³/mol. The molecule has 0 aromatic carbocycles. The summed E-state index contributed by atoms with van der Waals surface area (Å²) in [5.41, 5.74) is 0.977. The van der Waals surface area contributed by atoms with Crippen molar-refractivity contribution in [2.75, 3.05) is 7.11 Å². The average Bonchev–Trinajstić information content (AvgIpc) is 2.50. The minimum atomic E-state index is 0.553. The van der Waals surface area contributed by atoms with Crippen LogP contribution in [0.1, 0.15) is 12.6 Å². The van der Waals surface area contributed by atoms with E-state index in [4.69, 9.17) is 17.0 Å². The number of methoxy groups -OCH3 is 1. The number of ether oxygens (including phenoxy) is 1. The highest BCUT2D eigenvalue weighted by Gasteiger charge is 2.03. The van der Waals surface area contributed by atoms with Crippen molar-refractivity contribution in [2.45, 2.75) is 13.5 Å². The van der Waals surface area contributed by atoms with Gasteiger partial charge in [-0.2, -0.15) is 0 Å². The predicted octanol–water partition coefficient (Wildman–Crippen LogP) is 1.83. The molecule has 2 nitrogen and oxygen atoms in total. The Kier molecular flexibility index (Phi) is 2.65. The molecule has 0 radical (unpaired) electrons. The molecule has 0 saturated heterocycles. The smallest absolute Gasteiger partial charge is 0.207 e. The summed E-state index contributed by atoms with van der Waals surface area (Å²) in [6, 6.07) is 3.92. The fourth-order valence-electron chi connectivity index (χ4n) is 0.980. The topological polar surface area (TPSA) is 14.2 Å². The normalized spacial score (nSPS) is 9.64. The van der Waals surface area contributed by atoms with Crippen molar-refractivity contribution < 1.29 is 4.74 Å². The summed E-state index contributed by atoms with van der Waals surface area (Å²) in [5.74, 6) is 0. The lowest BCUT2D eigenvalue weighted by Crippen LogP contribution is -2.07. The highest BCUT2D eigenvalue weighted by Crippen LogP contribution is 2.04. The molecule has 0 bridgehead atoms. The molecule has 1 aromatic heterocycles. The number of hydrogen-bond donors (Lipinski definition) is 0. The Labute approximate surface area is 71.8 Å². The summed E-state index contributed by atoms with van der Waals surface area (Å²) in [5, 5.41) is 0.553. The third-order valence-corrected chi connectivity index (χ3v) is 1.94. The Morgan fingerprint density at radius 2 is 2.45 bits per heavy atom. The van der Waals surface area contributed by atoms with Gasteiger partial charge in [-0.25, -0.2) is 0 Å². The maximum absolute atomic E-state index is 4.99. The molecule has 0 aliphatic heterocycles. The zero-order valence-corrected chi connectivity index (χ0v) is 7.52. The van der Waals surface area contributed by atoms with E-state index >= 15 is 0 Å². The molecule has 1 aromatic rings. The van der Waals surface area contributed by atoms with Gasteiger partial charge in [0.15, 0.2) is 0 Å². The van der Waals surface area contributed by atoms with Crippen molar-refractivity contribution in [3.63, 3.8) is 0 Å². The summed E-state index contributed by atoms with van der Waals surface area (Å²) < 4.78 is 7.00. The van der Waals surface area contributed by atoms with Crippen molar-refractivity contribution >= 4 is 17.3 Å². The summed E-state index contributed by atoms with van der Waals surface area (Å²) >= 11 is 4.99. The molecular weight excluding hydrogens is 158 g/mol. The molecule has 0 spiro atoms. The largest absolute Gasteiger partial charge is 0.485 e. The highest BCUT2D eigenvalue weighted by molar-refractivity contribution is 7.80. The van der Waals surface area contributed by atoms with Gasteiger partial charge in [-0.15, -0.1) is 0 Å². The summed E-state index contributed by atoms with van der Waals surface area (Å²) in [6.07, 6.45) is 1.99. The lowest BCUT2D eigenvalue weighted by atomic mass is 10.4. The third kappa shape index (κ3) is 1.60. The molecule has 0 N–H and O–H groups in total. The summed E-state index contributed by atoms with van der Waals surface area (Å²) in [6.45, 7) is 2.99. The zero-order valence-electron chi connectivity index (χ0n) is 6.70. The van der Waals surface area contributed by atoms with Crippen molar-refractivity contribution in [3.05, 3.63) is 24.0 Å². The fourth-order valence-corrected chi connectivity index (χ4v) is 1.17. The minimum absolute atomic E-state index is 0.553. The second kappa shape index (κ2) is 3.53. The molecule has 0 aliphatic carbocycles.